The third-order valence-electron chi connectivity index (χ3n) is 1.40. The molecular weight excluding hydrogens is 152 g/mol. The summed E-state index contributed by atoms with van der Waals surface area (Å²) < 4.78 is 0. The third kappa shape index (κ3) is 4.41. The summed E-state index contributed by atoms with van der Waals surface area (Å²) in [7, 11) is 0. The monoisotopic (exact) mass is 164 g/mol. The van der Waals surface area contributed by atoms with Gasteiger partial charge in [0.2, 0.25) is 0 Å². The van der Waals surface area contributed by atoms with Crippen molar-refractivity contribution in [3.8, 4) is 23.7 Å². The average Bonchev–Trinajstić information content (AvgIpc) is 2.04. The van der Waals surface area contributed by atoms with Crippen LogP contribution in [0.2, 0.25) is 0 Å². The molecule has 0 aliphatic heterocycles. The van der Waals surface area contributed by atoms with Crippen LogP contribution in [0.5, 0.6) is 0 Å². The summed E-state index contributed by atoms with van der Waals surface area (Å²) in [6, 6.07) is 0. The molecule has 0 rings (SSSR count). The number of carboxylic acids is 1. The number of hydrogen-bond acceptors (Lipinski definition) is 1. The molecule has 0 unspecified atom stereocenters. The minimum atomic E-state index is -0.819. The number of carboxylic acid groups (broad SMARTS) is 1. The van der Waals surface area contributed by atoms with Crippen LogP contribution in [0.1, 0.15) is 26.7 Å². The van der Waals surface area contributed by atoms with Crippen LogP contribution in [0.4, 0.5) is 0 Å². The van der Waals surface area contributed by atoms with Gasteiger partial charge in [0, 0.05) is 12.8 Å². The summed E-state index contributed by atoms with van der Waals surface area (Å²) in [5, 5.41) is 8.69. The van der Waals surface area contributed by atoms with Gasteiger partial charge in [-0.05, 0) is 13.8 Å². The highest BCUT2D eigenvalue weighted by Gasteiger charge is 2.13. The molecule has 2 nitrogen and oxygen atoms in total. The topological polar surface area (TPSA) is 37.3 Å². The van der Waals surface area contributed by atoms with Gasteiger partial charge >= 0.3 is 5.97 Å². The molecule has 0 heterocycles. The summed E-state index contributed by atoms with van der Waals surface area (Å²) in [5.74, 6) is 9.56. The lowest BCUT2D eigenvalue weighted by atomic mass is 10.0. The lowest BCUT2D eigenvalue weighted by molar-refractivity contribution is -0.141. The van der Waals surface area contributed by atoms with Gasteiger partial charge in [0.1, 0.15) is 0 Å². The van der Waals surface area contributed by atoms with Crippen molar-refractivity contribution < 1.29 is 9.90 Å². The zero-order valence-electron chi connectivity index (χ0n) is 7.35. The van der Waals surface area contributed by atoms with Crippen molar-refractivity contribution in [3.63, 3.8) is 0 Å². The number of rotatable bonds is 3. The fourth-order valence-electron chi connectivity index (χ4n) is 0.697. The van der Waals surface area contributed by atoms with E-state index in [1.807, 2.05) is 0 Å². The zero-order valence-corrected chi connectivity index (χ0v) is 7.35. The van der Waals surface area contributed by atoms with Gasteiger partial charge in [-0.15, -0.1) is 23.7 Å². The van der Waals surface area contributed by atoms with E-state index in [0.29, 0.717) is 12.8 Å². The van der Waals surface area contributed by atoms with E-state index in [1.54, 1.807) is 13.8 Å². The zero-order chi connectivity index (χ0) is 9.40. The molecule has 0 spiro atoms. The summed E-state index contributed by atoms with van der Waals surface area (Å²) in [5.41, 5.74) is 0. The first-order valence-electron chi connectivity index (χ1n) is 3.74. The molecule has 0 aliphatic carbocycles. The van der Waals surface area contributed by atoms with Crippen LogP contribution in [0.25, 0.3) is 0 Å². The fourth-order valence-corrected chi connectivity index (χ4v) is 0.697. The predicted octanol–water partition coefficient (Wildman–Crippen LogP) is 1.51. The van der Waals surface area contributed by atoms with E-state index in [-0.39, 0.29) is 0 Å². The van der Waals surface area contributed by atoms with Crippen LogP contribution >= 0.6 is 0 Å². The molecule has 0 bridgehead atoms. The van der Waals surface area contributed by atoms with Crippen molar-refractivity contribution in [1.82, 2.24) is 0 Å². The van der Waals surface area contributed by atoms with Crippen molar-refractivity contribution in [2.75, 3.05) is 0 Å². The molecule has 0 aromatic rings. The maximum Gasteiger partial charge on any atom is 0.308 e. The molecule has 0 aliphatic rings. The Morgan fingerprint density at radius 1 is 1.25 bits per heavy atom. The highest BCUT2D eigenvalue weighted by atomic mass is 16.4. The van der Waals surface area contributed by atoms with Crippen molar-refractivity contribution in [2.24, 2.45) is 5.92 Å². The van der Waals surface area contributed by atoms with E-state index in [1.165, 1.54) is 0 Å². The normalized spacial score (nSPS) is 7.92. The molecule has 64 valence electrons. The van der Waals surface area contributed by atoms with Gasteiger partial charge in [-0.1, -0.05) is 0 Å². The molecule has 0 amide bonds. The summed E-state index contributed by atoms with van der Waals surface area (Å²) in [6.45, 7) is 3.40. The third-order valence-corrected chi connectivity index (χ3v) is 1.40. The van der Waals surface area contributed by atoms with Gasteiger partial charge in [0.15, 0.2) is 0 Å². The number of carbonyl (C=O) groups is 1. The van der Waals surface area contributed by atoms with E-state index >= 15 is 0 Å². The first-order valence-corrected chi connectivity index (χ1v) is 3.74. The smallest absolute Gasteiger partial charge is 0.308 e. The Balaban J connectivity index is 4.07. The quantitative estimate of drug-likeness (QED) is 0.642. The molecule has 0 fully saturated rings. The van der Waals surface area contributed by atoms with E-state index < -0.39 is 11.9 Å². The van der Waals surface area contributed by atoms with Crippen molar-refractivity contribution in [3.05, 3.63) is 0 Å². The maximum atomic E-state index is 10.6. The molecular formula is C10H12O2. The minimum absolute atomic E-state index is 0.389. The van der Waals surface area contributed by atoms with Crippen LogP contribution in [0.3, 0.4) is 0 Å². The SMILES string of the molecule is CC#CCC(CC#CC)C(=O)O. The standard InChI is InChI=1S/C10H12O2/c1-3-5-7-9(10(11)12)8-6-4-2/h9H,7-8H2,1-2H3,(H,11,12). The van der Waals surface area contributed by atoms with Crippen LogP contribution in [0, 0.1) is 29.6 Å². The first-order chi connectivity index (χ1) is 5.72. The van der Waals surface area contributed by atoms with Crippen LogP contribution in [-0.2, 0) is 4.79 Å². The van der Waals surface area contributed by atoms with E-state index in [0.717, 1.165) is 0 Å². The fraction of sp³-hybridized carbons (Fsp3) is 0.500. The van der Waals surface area contributed by atoms with Gasteiger partial charge in [0.25, 0.3) is 0 Å². The Morgan fingerprint density at radius 3 is 1.92 bits per heavy atom. The Labute approximate surface area is 73.0 Å². The molecule has 0 aromatic heterocycles. The predicted molar refractivity (Wildman–Crippen MR) is 47.3 cm³/mol. The van der Waals surface area contributed by atoms with Gasteiger partial charge < -0.3 is 5.11 Å². The molecule has 0 atom stereocenters. The van der Waals surface area contributed by atoms with Gasteiger partial charge in [-0.2, -0.15) is 0 Å². The van der Waals surface area contributed by atoms with E-state index in [2.05, 4.69) is 23.7 Å². The molecule has 1 N–H and O–H groups in total. The Kier molecular flexibility index (Phi) is 5.57. The number of hydrogen-bond donors (Lipinski definition) is 1. The second-order valence-electron chi connectivity index (χ2n) is 2.30. The summed E-state index contributed by atoms with van der Waals surface area (Å²) >= 11 is 0. The molecule has 12 heavy (non-hydrogen) atoms. The van der Waals surface area contributed by atoms with Gasteiger partial charge in [-0.3, -0.25) is 4.79 Å². The summed E-state index contributed by atoms with van der Waals surface area (Å²) in [6.07, 6.45) is 0.779. The largest absolute Gasteiger partial charge is 0.481 e. The lowest BCUT2D eigenvalue weighted by Crippen LogP contribution is -2.11. The second-order valence-corrected chi connectivity index (χ2v) is 2.30. The summed E-state index contributed by atoms with van der Waals surface area (Å²) in [4.78, 5) is 10.6. The Bertz CT molecular complexity index is 235. The molecule has 2 heteroatoms. The Morgan fingerprint density at radius 2 is 1.67 bits per heavy atom. The molecule has 0 aromatic carbocycles. The first kappa shape index (κ1) is 10.6. The van der Waals surface area contributed by atoms with Crippen molar-refractivity contribution in [1.29, 1.82) is 0 Å². The van der Waals surface area contributed by atoms with Gasteiger partial charge in [-0.25, -0.2) is 0 Å². The number of aliphatic carboxylic acids is 1. The van der Waals surface area contributed by atoms with E-state index in [9.17, 15) is 4.79 Å². The molecule has 0 radical (unpaired) electrons. The lowest BCUT2D eigenvalue weighted by Gasteiger charge is -2.02. The van der Waals surface area contributed by atoms with Crippen LogP contribution in [0.15, 0.2) is 0 Å². The average molecular weight is 164 g/mol. The second kappa shape index (κ2) is 6.31. The van der Waals surface area contributed by atoms with Crippen molar-refractivity contribution >= 4 is 5.97 Å². The molecule has 0 saturated carbocycles. The van der Waals surface area contributed by atoms with E-state index in [4.69, 9.17) is 5.11 Å². The highest BCUT2D eigenvalue weighted by Crippen LogP contribution is 2.06. The van der Waals surface area contributed by atoms with Crippen LogP contribution < -0.4 is 0 Å². The van der Waals surface area contributed by atoms with Crippen LogP contribution in [-0.4, -0.2) is 11.1 Å². The maximum absolute atomic E-state index is 10.6. The minimum Gasteiger partial charge on any atom is -0.481 e. The Hall–Kier alpha value is -1.41. The van der Waals surface area contributed by atoms with Gasteiger partial charge in [0.05, 0.1) is 5.92 Å². The van der Waals surface area contributed by atoms with Crippen molar-refractivity contribution in [2.45, 2.75) is 26.7 Å². The molecule has 0 saturated heterocycles. The highest BCUT2D eigenvalue weighted by molar-refractivity contribution is 5.70.